The summed E-state index contributed by atoms with van der Waals surface area (Å²) < 4.78 is 1.18. The molecule has 0 amide bonds. The summed E-state index contributed by atoms with van der Waals surface area (Å²) in [5.41, 5.74) is 0. The Balaban J connectivity index is 2.24. The summed E-state index contributed by atoms with van der Waals surface area (Å²) in [5, 5.41) is 3.67. The van der Waals surface area contributed by atoms with Crippen molar-refractivity contribution in [3.05, 3.63) is 103 Å². The molecule has 0 heterocycles. The standard InChI is InChI=1S/C24H25ClIP/c25-27(21-13-2-1-12-20-26,22-14-6-3-7-15-22,23-16-8-4-9-17-23)24-18-10-5-11-19-24/h2-11,13-19H,1,12,20-21H2. The zero-order valence-electron chi connectivity index (χ0n) is 15.3. The summed E-state index contributed by atoms with van der Waals surface area (Å²) in [6, 6.07) is 32.0. The molecule has 3 aromatic carbocycles. The van der Waals surface area contributed by atoms with Crippen molar-refractivity contribution in [2.45, 2.75) is 12.8 Å². The Morgan fingerprint density at radius 1 is 0.667 bits per heavy atom. The first-order valence-corrected chi connectivity index (χ1v) is 14.2. The van der Waals surface area contributed by atoms with Gasteiger partial charge in [-0.25, -0.2) is 0 Å². The molecular weight excluding hydrogens is 482 g/mol. The van der Waals surface area contributed by atoms with E-state index in [0.29, 0.717) is 0 Å². The van der Waals surface area contributed by atoms with Crippen molar-refractivity contribution in [2.75, 3.05) is 10.6 Å². The normalized spacial score (nSPS) is 13.3. The minimum absolute atomic E-state index is 0.826. The Hall–Kier alpha value is -1.15. The van der Waals surface area contributed by atoms with E-state index in [1.807, 2.05) is 0 Å². The number of hydrogen-bond acceptors (Lipinski definition) is 0. The number of benzene rings is 3. The first-order valence-electron chi connectivity index (χ1n) is 9.31. The van der Waals surface area contributed by atoms with Crippen LogP contribution in [0.15, 0.2) is 103 Å². The second-order valence-corrected chi connectivity index (χ2v) is 14.3. The number of rotatable bonds is 8. The van der Waals surface area contributed by atoms with E-state index >= 15 is 0 Å². The molecule has 3 heteroatoms. The molecule has 0 unspecified atom stereocenters. The average molecular weight is 507 g/mol. The first-order chi connectivity index (χ1) is 13.2. The minimum atomic E-state index is -3.11. The van der Waals surface area contributed by atoms with E-state index < -0.39 is 5.96 Å². The van der Waals surface area contributed by atoms with Gasteiger partial charge in [-0.3, -0.25) is 0 Å². The van der Waals surface area contributed by atoms with Crippen LogP contribution in [0.4, 0.5) is 0 Å². The van der Waals surface area contributed by atoms with Gasteiger partial charge in [0.05, 0.1) is 0 Å². The molecule has 3 aromatic rings. The van der Waals surface area contributed by atoms with Crippen LogP contribution in [-0.2, 0) is 0 Å². The van der Waals surface area contributed by atoms with Crippen LogP contribution in [0.3, 0.4) is 0 Å². The van der Waals surface area contributed by atoms with Crippen LogP contribution in [0.25, 0.3) is 0 Å². The van der Waals surface area contributed by atoms with Gasteiger partial charge in [0.15, 0.2) is 0 Å². The van der Waals surface area contributed by atoms with Gasteiger partial charge in [-0.15, -0.1) is 0 Å². The van der Waals surface area contributed by atoms with Gasteiger partial charge in [0, 0.05) is 0 Å². The second kappa shape index (κ2) is 9.37. The fraction of sp³-hybridized carbons (Fsp3) is 0.167. The summed E-state index contributed by atoms with van der Waals surface area (Å²) in [4.78, 5) is 0. The molecule has 0 spiro atoms. The Morgan fingerprint density at radius 2 is 1.07 bits per heavy atom. The molecule has 0 atom stereocenters. The Kier molecular flexibility index (Phi) is 7.14. The number of hydrogen-bond donors (Lipinski definition) is 0. The van der Waals surface area contributed by atoms with Crippen LogP contribution in [0.1, 0.15) is 12.8 Å². The van der Waals surface area contributed by atoms with Gasteiger partial charge >= 0.3 is 182 Å². The second-order valence-electron chi connectivity index (χ2n) is 6.67. The summed E-state index contributed by atoms with van der Waals surface area (Å²) in [7, 11) is 0. The molecule has 0 nitrogen and oxygen atoms in total. The van der Waals surface area contributed by atoms with Crippen LogP contribution in [0.2, 0.25) is 0 Å². The summed E-state index contributed by atoms with van der Waals surface area (Å²) in [6.45, 7) is 0. The van der Waals surface area contributed by atoms with Gasteiger partial charge < -0.3 is 0 Å². The molecule has 0 N–H and O–H groups in total. The summed E-state index contributed by atoms with van der Waals surface area (Å²) >= 11 is 10.4. The van der Waals surface area contributed by atoms with E-state index in [-0.39, 0.29) is 0 Å². The van der Waals surface area contributed by atoms with E-state index in [9.17, 15) is 0 Å². The molecule has 3 rings (SSSR count). The van der Waals surface area contributed by atoms with Crippen LogP contribution < -0.4 is 15.9 Å². The molecule has 27 heavy (non-hydrogen) atoms. The molecule has 0 saturated heterocycles. The van der Waals surface area contributed by atoms with Crippen molar-refractivity contribution in [2.24, 2.45) is 0 Å². The third kappa shape index (κ3) is 4.16. The first kappa shape index (κ1) is 20.6. The molecule has 0 aliphatic carbocycles. The zero-order valence-corrected chi connectivity index (χ0v) is 19.2. The molecule has 0 bridgehead atoms. The average Bonchev–Trinajstić information content (AvgIpc) is 2.75. The predicted octanol–water partition coefficient (Wildman–Crippen LogP) is 6.44. The van der Waals surface area contributed by atoms with Crippen molar-refractivity contribution in [1.82, 2.24) is 0 Å². The summed E-state index contributed by atoms with van der Waals surface area (Å²) in [6.07, 6.45) is 7.75. The summed E-state index contributed by atoms with van der Waals surface area (Å²) in [5.74, 6) is -3.11. The van der Waals surface area contributed by atoms with Gasteiger partial charge in [0.25, 0.3) is 0 Å². The van der Waals surface area contributed by atoms with Gasteiger partial charge in [0.1, 0.15) is 0 Å². The van der Waals surface area contributed by atoms with Crippen molar-refractivity contribution in [1.29, 1.82) is 0 Å². The van der Waals surface area contributed by atoms with E-state index in [1.165, 1.54) is 26.8 Å². The van der Waals surface area contributed by atoms with Gasteiger partial charge in [-0.1, -0.05) is 0 Å². The maximum atomic E-state index is 7.96. The quantitative estimate of drug-likeness (QED) is 0.108. The predicted molar refractivity (Wildman–Crippen MR) is 133 cm³/mol. The number of unbranched alkanes of at least 4 members (excludes halogenated alkanes) is 1. The van der Waals surface area contributed by atoms with Gasteiger partial charge in [-0.05, 0) is 0 Å². The van der Waals surface area contributed by atoms with E-state index in [0.717, 1.165) is 12.6 Å². The van der Waals surface area contributed by atoms with Gasteiger partial charge in [-0.2, -0.15) is 0 Å². The van der Waals surface area contributed by atoms with Gasteiger partial charge in [0.2, 0.25) is 0 Å². The van der Waals surface area contributed by atoms with E-state index in [1.54, 1.807) is 0 Å². The fourth-order valence-electron chi connectivity index (χ4n) is 3.57. The van der Waals surface area contributed by atoms with Crippen molar-refractivity contribution in [3.8, 4) is 0 Å². The van der Waals surface area contributed by atoms with Crippen molar-refractivity contribution >= 4 is 55.7 Å². The molecule has 0 saturated carbocycles. The van der Waals surface area contributed by atoms with Crippen molar-refractivity contribution < 1.29 is 0 Å². The maximum absolute atomic E-state index is 7.96. The SMILES string of the molecule is ClP(CC=CCCCI)(c1ccccc1)(c1ccccc1)c1ccccc1. The molecular formula is C24H25ClIP. The van der Waals surface area contributed by atoms with E-state index in [2.05, 4.69) is 126 Å². The molecule has 0 aliphatic rings. The van der Waals surface area contributed by atoms with Crippen LogP contribution in [0.5, 0.6) is 0 Å². The molecule has 0 fully saturated rings. The fourth-order valence-corrected chi connectivity index (χ4v) is 9.71. The van der Waals surface area contributed by atoms with Crippen LogP contribution in [0, 0.1) is 0 Å². The Bertz CT molecular complexity index is 763. The molecule has 140 valence electrons. The molecule has 0 aromatic heterocycles. The topological polar surface area (TPSA) is 0 Å². The number of allylic oxidation sites excluding steroid dienone is 2. The van der Waals surface area contributed by atoms with Crippen molar-refractivity contribution in [3.63, 3.8) is 0 Å². The third-order valence-corrected chi connectivity index (χ3v) is 13.0. The molecule has 0 radical (unpaired) electrons. The van der Waals surface area contributed by atoms with E-state index in [4.69, 9.17) is 11.2 Å². The number of halogens is 2. The number of alkyl halides is 1. The monoisotopic (exact) mass is 506 g/mol. The Labute approximate surface area is 181 Å². The third-order valence-electron chi connectivity index (χ3n) is 5.00. The van der Waals surface area contributed by atoms with Crippen LogP contribution >= 0.6 is 39.8 Å². The zero-order chi connectivity index (χ0) is 19.0. The Morgan fingerprint density at radius 3 is 1.44 bits per heavy atom. The molecule has 0 aliphatic heterocycles. The van der Waals surface area contributed by atoms with Crippen LogP contribution in [-0.4, -0.2) is 10.6 Å².